The lowest BCUT2D eigenvalue weighted by atomic mass is 10.1. The smallest absolute Gasteiger partial charge is 0.128 e. The van der Waals surface area contributed by atoms with Crippen molar-refractivity contribution in [1.82, 2.24) is 10.3 Å². The fraction of sp³-hybridized carbons (Fsp3) is 0.667. The summed E-state index contributed by atoms with van der Waals surface area (Å²) in [5, 5.41) is 4.16. The van der Waals surface area contributed by atoms with Gasteiger partial charge >= 0.3 is 0 Å². The number of nitrogens with one attached hydrogen (secondary N) is 1. The van der Waals surface area contributed by atoms with E-state index in [1.807, 2.05) is 0 Å². The van der Waals surface area contributed by atoms with E-state index in [1.165, 1.54) is 12.8 Å². The Kier molecular flexibility index (Phi) is 5.06. The minimum absolute atomic E-state index is 0.462. The number of rotatable bonds is 5. The van der Waals surface area contributed by atoms with Crippen molar-refractivity contribution in [3.63, 3.8) is 0 Å². The third kappa shape index (κ3) is 3.83. The van der Waals surface area contributed by atoms with Crippen LogP contribution in [0.3, 0.4) is 0 Å². The standard InChI is InChI=1S/C15H24ClN3/c1-4-12-5-6-19(10-12)15-7-13(8-17-11(2)3)14(16)9-18-15/h7,9,11-12,17H,4-6,8,10H2,1-3H3. The molecule has 3 nitrogen and oxygen atoms in total. The molecule has 2 rings (SSSR count). The molecule has 0 aromatic carbocycles. The van der Waals surface area contributed by atoms with E-state index in [0.29, 0.717) is 6.04 Å². The average molecular weight is 282 g/mol. The SMILES string of the molecule is CCC1CCN(c2cc(CNC(C)C)c(Cl)cn2)C1. The van der Waals surface area contributed by atoms with Crippen LogP contribution >= 0.6 is 11.6 Å². The van der Waals surface area contributed by atoms with Crippen LogP contribution in [0.5, 0.6) is 0 Å². The van der Waals surface area contributed by atoms with Crippen molar-refractivity contribution in [2.24, 2.45) is 5.92 Å². The van der Waals surface area contributed by atoms with Crippen LogP contribution in [0.1, 0.15) is 39.2 Å². The summed E-state index contributed by atoms with van der Waals surface area (Å²) in [6.45, 7) is 9.59. The Bertz CT molecular complexity index is 420. The number of pyridine rings is 1. The normalized spacial score (nSPS) is 19.4. The lowest BCUT2D eigenvalue weighted by Gasteiger charge is -2.19. The number of nitrogens with zero attached hydrogens (tertiary/aromatic N) is 2. The van der Waals surface area contributed by atoms with Gasteiger partial charge in [0.1, 0.15) is 5.82 Å². The lowest BCUT2D eigenvalue weighted by molar-refractivity contribution is 0.568. The second-order valence-corrected chi connectivity index (χ2v) is 6.09. The van der Waals surface area contributed by atoms with Gasteiger partial charge in [-0.05, 0) is 24.0 Å². The molecule has 2 heterocycles. The second kappa shape index (κ2) is 6.58. The summed E-state index contributed by atoms with van der Waals surface area (Å²) in [5.74, 6) is 1.88. The molecule has 19 heavy (non-hydrogen) atoms. The summed E-state index contributed by atoms with van der Waals surface area (Å²) < 4.78 is 0. The number of aromatic nitrogens is 1. The topological polar surface area (TPSA) is 28.2 Å². The van der Waals surface area contributed by atoms with Gasteiger partial charge in [0, 0.05) is 31.9 Å². The van der Waals surface area contributed by atoms with Gasteiger partial charge in [-0.25, -0.2) is 4.98 Å². The first-order valence-electron chi connectivity index (χ1n) is 7.23. The molecule has 0 aliphatic carbocycles. The number of halogens is 1. The third-order valence-electron chi connectivity index (χ3n) is 3.81. The zero-order chi connectivity index (χ0) is 13.8. The predicted octanol–water partition coefficient (Wildman–Crippen LogP) is 3.47. The number of hydrogen-bond donors (Lipinski definition) is 1. The molecule has 0 bridgehead atoms. The number of hydrogen-bond acceptors (Lipinski definition) is 3. The molecule has 4 heteroatoms. The summed E-state index contributed by atoms with van der Waals surface area (Å²) in [5.41, 5.74) is 1.14. The molecule has 0 spiro atoms. The predicted molar refractivity (Wildman–Crippen MR) is 81.8 cm³/mol. The Morgan fingerprint density at radius 2 is 2.32 bits per heavy atom. The van der Waals surface area contributed by atoms with Crippen LogP contribution in [0, 0.1) is 5.92 Å². The van der Waals surface area contributed by atoms with Crippen LogP contribution in [0.2, 0.25) is 5.02 Å². The van der Waals surface area contributed by atoms with Gasteiger partial charge in [0.25, 0.3) is 0 Å². The Labute approximate surface area is 121 Å². The molecular formula is C15H24ClN3. The Balaban J connectivity index is 2.08. The van der Waals surface area contributed by atoms with Gasteiger partial charge in [-0.1, -0.05) is 38.8 Å². The molecule has 0 saturated carbocycles. The zero-order valence-electron chi connectivity index (χ0n) is 12.1. The highest BCUT2D eigenvalue weighted by atomic mass is 35.5. The molecule has 1 atom stereocenters. The molecule has 1 saturated heterocycles. The molecule has 1 aromatic rings. The van der Waals surface area contributed by atoms with Gasteiger partial charge in [-0.15, -0.1) is 0 Å². The lowest BCUT2D eigenvalue weighted by Crippen LogP contribution is -2.23. The highest BCUT2D eigenvalue weighted by Crippen LogP contribution is 2.26. The molecule has 1 fully saturated rings. The van der Waals surface area contributed by atoms with E-state index < -0.39 is 0 Å². The molecule has 1 aromatic heterocycles. The van der Waals surface area contributed by atoms with Gasteiger partial charge in [-0.3, -0.25) is 0 Å². The molecule has 106 valence electrons. The van der Waals surface area contributed by atoms with Gasteiger partial charge in [-0.2, -0.15) is 0 Å². The van der Waals surface area contributed by atoms with E-state index in [4.69, 9.17) is 11.6 Å². The van der Waals surface area contributed by atoms with Crippen LogP contribution in [0.25, 0.3) is 0 Å². The van der Waals surface area contributed by atoms with E-state index in [1.54, 1.807) is 6.20 Å². The monoisotopic (exact) mass is 281 g/mol. The summed E-state index contributed by atoms with van der Waals surface area (Å²) >= 11 is 6.22. The van der Waals surface area contributed by atoms with Crippen molar-refractivity contribution in [1.29, 1.82) is 0 Å². The maximum absolute atomic E-state index is 6.22. The van der Waals surface area contributed by atoms with Crippen molar-refractivity contribution >= 4 is 17.4 Å². The summed E-state index contributed by atoms with van der Waals surface area (Å²) in [6.07, 6.45) is 4.32. The van der Waals surface area contributed by atoms with Gasteiger partial charge in [0.2, 0.25) is 0 Å². The Hall–Kier alpha value is -0.800. The van der Waals surface area contributed by atoms with E-state index in [0.717, 1.165) is 42.0 Å². The summed E-state index contributed by atoms with van der Waals surface area (Å²) in [6, 6.07) is 2.60. The maximum Gasteiger partial charge on any atom is 0.128 e. The molecule has 1 aliphatic heterocycles. The fourth-order valence-electron chi connectivity index (χ4n) is 2.46. The van der Waals surface area contributed by atoms with Gasteiger partial charge < -0.3 is 10.2 Å². The molecule has 1 aliphatic rings. The van der Waals surface area contributed by atoms with Crippen molar-refractivity contribution in [3.8, 4) is 0 Å². The van der Waals surface area contributed by atoms with Crippen LogP contribution in [-0.2, 0) is 6.54 Å². The third-order valence-corrected chi connectivity index (χ3v) is 4.15. The molecule has 1 N–H and O–H groups in total. The van der Waals surface area contributed by atoms with Crippen LogP contribution in [0.15, 0.2) is 12.3 Å². The average Bonchev–Trinajstić information content (AvgIpc) is 2.86. The first-order chi connectivity index (χ1) is 9.10. The zero-order valence-corrected chi connectivity index (χ0v) is 12.9. The Morgan fingerprint density at radius 1 is 1.53 bits per heavy atom. The first-order valence-corrected chi connectivity index (χ1v) is 7.60. The maximum atomic E-state index is 6.22. The summed E-state index contributed by atoms with van der Waals surface area (Å²) in [4.78, 5) is 6.86. The fourth-order valence-corrected chi connectivity index (χ4v) is 2.63. The largest absolute Gasteiger partial charge is 0.356 e. The van der Waals surface area contributed by atoms with E-state index in [2.05, 4.69) is 42.0 Å². The van der Waals surface area contributed by atoms with E-state index in [9.17, 15) is 0 Å². The first kappa shape index (κ1) is 14.6. The summed E-state index contributed by atoms with van der Waals surface area (Å²) in [7, 11) is 0. The second-order valence-electron chi connectivity index (χ2n) is 5.68. The van der Waals surface area contributed by atoms with Crippen molar-refractivity contribution in [2.75, 3.05) is 18.0 Å². The van der Waals surface area contributed by atoms with Crippen LogP contribution in [-0.4, -0.2) is 24.1 Å². The van der Waals surface area contributed by atoms with E-state index >= 15 is 0 Å². The van der Waals surface area contributed by atoms with Crippen molar-refractivity contribution in [3.05, 3.63) is 22.8 Å². The molecule has 1 unspecified atom stereocenters. The van der Waals surface area contributed by atoms with Gasteiger partial charge in [0.15, 0.2) is 0 Å². The van der Waals surface area contributed by atoms with Crippen molar-refractivity contribution < 1.29 is 0 Å². The van der Waals surface area contributed by atoms with Gasteiger partial charge in [0.05, 0.1) is 5.02 Å². The van der Waals surface area contributed by atoms with Crippen LogP contribution in [0.4, 0.5) is 5.82 Å². The minimum Gasteiger partial charge on any atom is -0.356 e. The van der Waals surface area contributed by atoms with Crippen LogP contribution < -0.4 is 10.2 Å². The number of anilines is 1. The highest BCUT2D eigenvalue weighted by Gasteiger charge is 2.22. The van der Waals surface area contributed by atoms with Crippen molar-refractivity contribution in [2.45, 2.75) is 46.2 Å². The quantitative estimate of drug-likeness (QED) is 0.896. The molecule has 0 radical (unpaired) electrons. The molecule has 0 amide bonds. The molecular weight excluding hydrogens is 258 g/mol. The highest BCUT2D eigenvalue weighted by molar-refractivity contribution is 6.31. The Morgan fingerprint density at radius 3 is 2.95 bits per heavy atom. The van der Waals surface area contributed by atoms with E-state index in [-0.39, 0.29) is 0 Å². The minimum atomic E-state index is 0.462.